The fourth-order valence-electron chi connectivity index (χ4n) is 2.66. The van der Waals surface area contributed by atoms with Crippen LogP contribution in [0, 0.1) is 6.92 Å². The van der Waals surface area contributed by atoms with Gasteiger partial charge >= 0.3 is 0 Å². The zero-order chi connectivity index (χ0) is 14.6. The maximum Gasteiger partial charge on any atom is 0.137 e. The normalized spacial score (nSPS) is 23.5. The Morgan fingerprint density at radius 3 is 2.90 bits per heavy atom. The molecular weight excluding hydrogens is 252 g/mol. The zero-order valence-electron chi connectivity index (χ0n) is 12.8. The lowest BCUT2D eigenvalue weighted by Gasteiger charge is -2.25. The molecule has 0 saturated carbocycles. The fourth-order valence-corrected chi connectivity index (χ4v) is 2.66. The molecule has 1 aromatic rings. The van der Waals surface area contributed by atoms with Crippen LogP contribution in [0.1, 0.15) is 45.1 Å². The van der Waals surface area contributed by atoms with E-state index in [1.54, 1.807) is 6.33 Å². The van der Waals surface area contributed by atoms with E-state index in [0.29, 0.717) is 0 Å². The molecule has 2 heterocycles. The van der Waals surface area contributed by atoms with Gasteiger partial charge in [0.15, 0.2) is 0 Å². The first-order valence-electron chi connectivity index (χ1n) is 7.56. The summed E-state index contributed by atoms with van der Waals surface area (Å²) in [5.41, 5.74) is 0.557. The second-order valence-electron chi connectivity index (χ2n) is 5.94. The predicted molar refractivity (Wildman–Crippen MR) is 82.2 cm³/mol. The van der Waals surface area contributed by atoms with Gasteiger partial charge in [-0.15, -0.1) is 0 Å². The summed E-state index contributed by atoms with van der Waals surface area (Å²) in [6.45, 7) is 8.85. The highest BCUT2D eigenvalue weighted by Gasteiger charge is 2.26. The molecule has 1 aliphatic rings. The highest BCUT2D eigenvalue weighted by Crippen LogP contribution is 2.27. The molecule has 0 radical (unpaired) electrons. The van der Waals surface area contributed by atoms with E-state index in [4.69, 9.17) is 0 Å². The topological polar surface area (TPSA) is 61.3 Å². The second-order valence-corrected chi connectivity index (χ2v) is 5.94. The van der Waals surface area contributed by atoms with Crippen LogP contribution in [0.5, 0.6) is 0 Å². The number of nitrogens with zero attached hydrogens (tertiary/aromatic N) is 3. The van der Waals surface area contributed by atoms with Crippen LogP contribution in [-0.4, -0.2) is 40.3 Å². The van der Waals surface area contributed by atoms with Crippen LogP contribution in [0.15, 0.2) is 6.33 Å². The molecule has 1 unspecified atom stereocenters. The Bertz CT molecular complexity index is 447. The third-order valence-corrected chi connectivity index (χ3v) is 3.96. The second kappa shape index (κ2) is 6.39. The average Bonchev–Trinajstić information content (AvgIpc) is 2.59. The summed E-state index contributed by atoms with van der Waals surface area (Å²) in [6.07, 6.45) is 5.34. The molecule has 5 heteroatoms. The molecule has 0 aliphatic carbocycles. The van der Waals surface area contributed by atoms with Crippen molar-refractivity contribution in [3.8, 4) is 0 Å². The minimum atomic E-state index is -0.543. The molecule has 0 spiro atoms. The van der Waals surface area contributed by atoms with Crippen molar-refractivity contribution in [1.82, 2.24) is 9.97 Å². The minimum Gasteiger partial charge on any atom is -0.390 e. The van der Waals surface area contributed by atoms with Crippen LogP contribution in [-0.2, 0) is 0 Å². The first kappa shape index (κ1) is 15.0. The first-order valence-corrected chi connectivity index (χ1v) is 7.56. The van der Waals surface area contributed by atoms with E-state index < -0.39 is 5.60 Å². The third kappa shape index (κ3) is 3.60. The van der Waals surface area contributed by atoms with Crippen molar-refractivity contribution in [2.75, 3.05) is 29.9 Å². The van der Waals surface area contributed by atoms with Gasteiger partial charge in [0, 0.05) is 25.2 Å². The van der Waals surface area contributed by atoms with Crippen LogP contribution in [0.25, 0.3) is 0 Å². The van der Waals surface area contributed by atoms with Crippen molar-refractivity contribution in [2.24, 2.45) is 0 Å². The lowest BCUT2D eigenvalue weighted by molar-refractivity contribution is 0.0481. The predicted octanol–water partition coefficient (Wildman–Crippen LogP) is 2.35. The molecule has 0 aromatic carbocycles. The Hall–Kier alpha value is -1.36. The van der Waals surface area contributed by atoms with Gasteiger partial charge < -0.3 is 15.3 Å². The summed E-state index contributed by atoms with van der Waals surface area (Å²) in [4.78, 5) is 11.1. The Morgan fingerprint density at radius 2 is 2.15 bits per heavy atom. The molecule has 1 aliphatic heterocycles. The summed E-state index contributed by atoms with van der Waals surface area (Å²) in [6, 6.07) is 0. The SMILES string of the molecule is CCCNc1ncnc(N2CCCC(C)(O)CC2)c1C. The number of hydrogen-bond acceptors (Lipinski definition) is 5. The van der Waals surface area contributed by atoms with Gasteiger partial charge in [0.2, 0.25) is 0 Å². The molecule has 5 nitrogen and oxygen atoms in total. The molecule has 20 heavy (non-hydrogen) atoms. The summed E-state index contributed by atoms with van der Waals surface area (Å²) < 4.78 is 0. The highest BCUT2D eigenvalue weighted by molar-refractivity contribution is 5.57. The number of aromatic nitrogens is 2. The minimum absolute atomic E-state index is 0.543. The van der Waals surface area contributed by atoms with Crippen molar-refractivity contribution in [3.63, 3.8) is 0 Å². The quantitative estimate of drug-likeness (QED) is 0.885. The standard InChI is InChI=1S/C15H26N4O/c1-4-8-16-13-12(2)14(18-11-17-13)19-9-5-6-15(3,20)7-10-19/h11,20H,4-10H2,1-3H3,(H,16,17,18). The van der Waals surface area contributed by atoms with Crippen molar-refractivity contribution < 1.29 is 5.11 Å². The van der Waals surface area contributed by atoms with E-state index in [1.165, 1.54) is 0 Å². The largest absolute Gasteiger partial charge is 0.390 e. The Balaban J connectivity index is 2.15. The summed E-state index contributed by atoms with van der Waals surface area (Å²) in [5.74, 6) is 1.92. The van der Waals surface area contributed by atoms with Gasteiger partial charge in [0.05, 0.1) is 5.60 Å². The van der Waals surface area contributed by atoms with Gasteiger partial charge in [-0.2, -0.15) is 0 Å². The van der Waals surface area contributed by atoms with Gasteiger partial charge in [-0.05, 0) is 39.5 Å². The molecule has 1 atom stereocenters. The molecular formula is C15H26N4O. The summed E-state index contributed by atoms with van der Waals surface area (Å²) in [5, 5.41) is 13.5. The van der Waals surface area contributed by atoms with Crippen LogP contribution in [0.4, 0.5) is 11.6 Å². The van der Waals surface area contributed by atoms with Crippen molar-refractivity contribution in [1.29, 1.82) is 0 Å². The highest BCUT2D eigenvalue weighted by atomic mass is 16.3. The Kier molecular flexibility index (Phi) is 4.81. The fraction of sp³-hybridized carbons (Fsp3) is 0.733. The van der Waals surface area contributed by atoms with Gasteiger partial charge in [-0.25, -0.2) is 9.97 Å². The number of rotatable bonds is 4. The van der Waals surface area contributed by atoms with E-state index in [2.05, 4.69) is 34.0 Å². The molecule has 112 valence electrons. The lowest BCUT2D eigenvalue weighted by Crippen LogP contribution is -2.29. The van der Waals surface area contributed by atoms with Crippen molar-refractivity contribution in [2.45, 2.75) is 52.1 Å². The lowest BCUT2D eigenvalue weighted by atomic mass is 9.98. The molecule has 1 fully saturated rings. The number of hydrogen-bond donors (Lipinski definition) is 2. The van der Waals surface area contributed by atoms with Crippen LogP contribution >= 0.6 is 0 Å². The Labute approximate surface area is 121 Å². The van der Waals surface area contributed by atoms with Gasteiger partial charge in [-0.3, -0.25) is 0 Å². The molecule has 0 bridgehead atoms. The van der Waals surface area contributed by atoms with E-state index >= 15 is 0 Å². The van der Waals surface area contributed by atoms with E-state index in [9.17, 15) is 5.11 Å². The van der Waals surface area contributed by atoms with E-state index in [1.807, 2.05) is 6.92 Å². The average molecular weight is 278 g/mol. The Morgan fingerprint density at radius 1 is 1.35 bits per heavy atom. The molecule has 0 amide bonds. The van der Waals surface area contributed by atoms with Crippen LogP contribution < -0.4 is 10.2 Å². The van der Waals surface area contributed by atoms with Crippen molar-refractivity contribution >= 4 is 11.6 Å². The number of nitrogens with one attached hydrogen (secondary N) is 1. The number of anilines is 2. The number of aliphatic hydroxyl groups is 1. The van der Waals surface area contributed by atoms with Crippen molar-refractivity contribution in [3.05, 3.63) is 11.9 Å². The molecule has 1 aromatic heterocycles. The van der Waals surface area contributed by atoms with Crippen LogP contribution in [0.3, 0.4) is 0 Å². The van der Waals surface area contributed by atoms with Gasteiger partial charge in [0.1, 0.15) is 18.0 Å². The van der Waals surface area contributed by atoms with E-state index in [0.717, 1.165) is 62.5 Å². The summed E-state index contributed by atoms with van der Waals surface area (Å²) in [7, 11) is 0. The molecule has 2 N–H and O–H groups in total. The van der Waals surface area contributed by atoms with Gasteiger partial charge in [-0.1, -0.05) is 6.92 Å². The molecule has 1 saturated heterocycles. The monoisotopic (exact) mass is 278 g/mol. The summed E-state index contributed by atoms with van der Waals surface area (Å²) >= 11 is 0. The smallest absolute Gasteiger partial charge is 0.137 e. The van der Waals surface area contributed by atoms with Gasteiger partial charge in [0.25, 0.3) is 0 Å². The van der Waals surface area contributed by atoms with E-state index in [-0.39, 0.29) is 0 Å². The zero-order valence-corrected chi connectivity index (χ0v) is 12.8. The van der Waals surface area contributed by atoms with Crippen LogP contribution in [0.2, 0.25) is 0 Å². The maximum atomic E-state index is 10.2. The molecule has 2 rings (SSSR count). The first-order chi connectivity index (χ1) is 9.53. The third-order valence-electron chi connectivity index (χ3n) is 3.96. The maximum absolute atomic E-state index is 10.2.